The maximum atomic E-state index is 12.1. The highest BCUT2D eigenvalue weighted by atomic mass is 16.2. The van der Waals surface area contributed by atoms with Crippen LogP contribution in [0.25, 0.3) is 0 Å². The van der Waals surface area contributed by atoms with Crippen LogP contribution in [0.4, 0.5) is 0 Å². The van der Waals surface area contributed by atoms with Crippen LogP contribution >= 0.6 is 0 Å². The van der Waals surface area contributed by atoms with Crippen molar-refractivity contribution in [2.75, 3.05) is 0 Å². The average Bonchev–Trinajstić information content (AvgIpc) is 2.60. The Morgan fingerprint density at radius 3 is 2.05 bits per heavy atom. The third kappa shape index (κ3) is 1.21. The van der Waals surface area contributed by atoms with E-state index in [9.17, 15) is 25.8 Å². The predicted molar refractivity (Wildman–Crippen MR) is 65.7 cm³/mol. The van der Waals surface area contributed by atoms with Crippen LogP contribution in [0.3, 0.4) is 0 Å². The Balaban J connectivity index is 2.92. The van der Waals surface area contributed by atoms with Crippen LogP contribution in [0, 0.1) is 68.0 Å². The minimum Gasteiger partial charge on any atom is -0.347 e. The molecule has 0 saturated carbocycles. The number of amides is 1. The topological polar surface area (TPSA) is 124 Å². The smallest absolute Gasteiger partial charge is 0.224 e. The first-order valence-corrected chi connectivity index (χ1v) is 6.07. The molecule has 1 N–H and O–H groups in total. The summed E-state index contributed by atoms with van der Waals surface area (Å²) in [6, 6.07) is 6.45. The molecule has 0 aromatic rings. The lowest BCUT2D eigenvalue weighted by Crippen LogP contribution is -2.55. The molecule has 0 unspecified atom stereocenters. The van der Waals surface area contributed by atoms with E-state index in [0.717, 1.165) is 0 Å². The normalized spacial score (nSPS) is 32.4. The molecule has 2 aliphatic heterocycles. The fourth-order valence-corrected chi connectivity index (χ4v) is 3.36. The Kier molecular flexibility index (Phi) is 2.78. The molecular weight excluding hydrogens is 254 g/mol. The van der Waals surface area contributed by atoms with E-state index in [1.165, 1.54) is 0 Å². The van der Waals surface area contributed by atoms with Crippen molar-refractivity contribution >= 4 is 5.91 Å². The first-order valence-electron chi connectivity index (χ1n) is 6.07. The van der Waals surface area contributed by atoms with Gasteiger partial charge in [0, 0.05) is 11.8 Å². The molecule has 0 aromatic heterocycles. The lowest BCUT2D eigenvalue weighted by molar-refractivity contribution is -0.125. The first-order chi connectivity index (χ1) is 9.44. The molecule has 0 aromatic carbocycles. The van der Waals surface area contributed by atoms with Gasteiger partial charge >= 0.3 is 0 Å². The molecule has 3 rings (SSSR count). The summed E-state index contributed by atoms with van der Waals surface area (Å²) in [6.45, 7) is 3.32. The number of carbonyl (C=O) groups excluding carboxylic acids is 1. The van der Waals surface area contributed by atoms with Gasteiger partial charge in [0.2, 0.25) is 5.91 Å². The summed E-state index contributed by atoms with van der Waals surface area (Å²) in [5, 5.41) is 40.7. The van der Waals surface area contributed by atoms with Gasteiger partial charge in [-0.2, -0.15) is 21.0 Å². The maximum absolute atomic E-state index is 12.1. The lowest BCUT2D eigenvalue weighted by Gasteiger charge is -2.43. The number of carbonyl (C=O) groups is 1. The molecular formula is C14H11N5O. The molecule has 2 bridgehead atoms. The summed E-state index contributed by atoms with van der Waals surface area (Å²) in [6.07, 6.45) is 1.62. The third-order valence-electron chi connectivity index (χ3n) is 4.39. The number of allylic oxidation sites excluding steroid dienone is 1. The third-order valence-corrected chi connectivity index (χ3v) is 4.39. The highest BCUT2D eigenvalue weighted by Gasteiger charge is 2.68. The van der Waals surface area contributed by atoms with Gasteiger partial charge in [0.15, 0.2) is 10.8 Å². The van der Waals surface area contributed by atoms with Gasteiger partial charge in [-0.1, -0.05) is 18.6 Å². The Morgan fingerprint density at radius 1 is 1.10 bits per heavy atom. The van der Waals surface area contributed by atoms with E-state index in [4.69, 9.17) is 0 Å². The average molecular weight is 265 g/mol. The summed E-state index contributed by atoms with van der Waals surface area (Å²) in [5.74, 6) is -1.77. The van der Waals surface area contributed by atoms with Gasteiger partial charge in [-0.25, -0.2) is 0 Å². The number of hydrogen-bond acceptors (Lipinski definition) is 5. The van der Waals surface area contributed by atoms with Crippen molar-refractivity contribution in [2.24, 2.45) is 22.7 Å². The summed E-state index contributed by atoms with van der Waals surface area (Å²) >= 11 is 0. The van der Waals surface area contributed by atoms with Gasteiger partial charge in [0.1, 0.15) is 0 Å². The predicted octanol–water partition coefficient (Wildman–Crippen LogP) is 0.764. The second-order valence-electron chi connectivity index (χ2n) is 5.23. The maximum Gasteiger partial charge on any atom is 0.224 e. The summed E-state index contributed by atoms with van der Waals surface area (Å²) in [7, 11) is 0. The Morgan fingerprint density at radius 2 is 1.60 bits per heavy atom. The zero-order valence-electron chi connectivity index (χ0n) is 11.0. The van der Waals surface area contributed by atoms with E-state index < -0.39 is 28.7 Å². The number of nitrogens with zero attached hydrogens (tertiary/aromatic N) is 4. The second-order valence-corrected chi connectivity index (χ2v) is 5.23. The van der Waals surface area contributed by atoms with Crippen molar-refractivity contribution in [3.05, 3.63) is 11.6 Å². The van der Waals surface area contributed by atoms with Crippen LogP contribution in [-0.2, 0) is 4.79 Å². The fraction of sp³-hybridized carbons (Fsp3) is 0.500. The molecule has 2 heterocycles. The van der Waals surface area contributed by atoms with Crippen molar-refractivity contribution in [3.63, 3.8) is 0 Å². The molecule has 98 valence electrons. The number of nitriles is 4. The fourth-order valence-electron chi connectivity index (χ4n) is 3.36. The molecule has 1 aliphatic carbocycles. The lowest BCUT2D eigenvalue weighted by atomic mass is 9.51. The van der Waals surface area contributed by atoms with Crippen LogP contribution in [-0.4, -0.2) is 11.9 Å². The highest BCUT2D eigenvalue weighted by molar-refractivity contribution is 5.82. The second kappa shape index (κ2) is 4.09. The van der Waals surface area contributed by atoms with Gasteiger partial charge in [0.25, 0.3) is 0 Å². The Hall–Kier alpha value is -2.83. The summed E-state index contributed by atoms with van der Waals surface area (Å²) in [4.78, 5) is 12.1. The van der Waals surface area contributed by atoms with Crippen molar-refractivity contribution in [3.8, 4) is 24.3 Å². The van der Waals surface area contributed by atoms with Crippen molar-refractivity contribution in [2.45, 2.75) is 19.9 Å². The summed E-state index contributed by atoms with van der Waals surface area (Å²) < 4.78 is 0. The SMILES string of the molecule is CC1=C[C@@H]2NC(=O)[C@H](C)[C@@H]1C(C#N)(C#N)C2(C#N)C#N. The van der Waals surface area contributed by atoms with E-state index in [1.807, 2.05) is 24.3 Å². The van der Waals surface area contributed by atoms with Crippen LogP contribution in [0.5, 0.6) is 0 Å². The molecule has 20 heavy (non-hydrogen) atoms. The highest BCUT2D eigenvalue weighted by Crippen LogP contribution is 2.56. The Labute approximate surface area is 116 Å². The molecule has 1 fully saturated rings. The van der Waals surface area contributed by atoms with E-state index in [2.05, 4.69) is 5.32 Å². The minimum atomic E-state index is -1.90. The molecule has 0 radical (unpaired) electrons. The van der Waals surface area contributed by atoms with Crippen LogP contribution in [0.2, 0.25) is 0 Å². The minimum absolute atomic E-state index is 0.352. The molecule has 0 spiro atoms. The van der Waals surface area contributed by atoms with Gasteiger partial charge < -0.3 is 5.32 Å². The van der Waals surface area contributed by atoms with Crippen LogP contribution < -0.4 is 5.32 Å². The van der Waals surface area contributed by atoms with Crippen molar-refractivity contribution in [1.29, 1.82) is 21.0 Å². The van der Waals surface area contributed by atoms with E-state index in [1.54, 1.807) is 19.9 Å². The van der Waals surface area contributed by atoms with Gasteiger partial charge in [-0.3, -0.25) is 4.79 Å². The van der Waals surface area contributed by atoms with Crippen LogP contribution in [0.15, 0.2) is 11.6 Å². The Bertz CT molecular complexity index is 650. The number of fused-ring (bicyclic) bond motifs is 3. The number of rotatable bonds is 0. The van der Waals surface area contributed by atoms with E-state index >= 15 is 0 Å². The number of hydrogen-bond donors (Lipinski definition) is 1. The van der Waals surface area contributed by atoms with Crippen LogP contribution in [0.1, 0.15) is 13.8 Å². The monoisotopic (exact) mass is 265 g/mol. The van der Waals surface area contributed by atoms with Gasteiger partial charge in [-0.15, -0.1) is 0 Å². The first kappa shape index (κ1) is 13.6. The largest absolute Gasteiger partial charge is 0.347 e. The molecule has 1 amide bonds. The molecule has 3 aliphatic rings. The van der Waals surface area contributed by atoms with Crippen molar-refractivity contribution < 1.29 is 4.79 Å². The standard InChI is InChI=1S/C14H11N5O/c1-8-3-10-13(4-15,5-16)14(6-17,7-18)11(8)9(2)12(20)19-10/h3,9-11H,1-2H3,(H,19,20)/t9-,10+,11-/m1/s1. The summed E-state index contributed by atoms with van der Waals surface area (Å²) in [5.41, 5.74) is -3.08. The number of nitrogens with one attached hydrogen (secondary N) is 1. The van der Waals surface area contributed by atoms with Crippen molar-refractivity contribution in [1.82, 2.24) is 5.32 Å². The van der Waals surface area contributed by atoms with E-state index in [0.29, 0.717) is 5.57 Å². The van der Waals surface area contributed by atoms with E-state index in [-0.39, 0.29) is 5.91 Å². The molecule has 6 heteroatoms. The quantitative estimate of drug-likeness (QED) is 0.647. The van der Waals surface area contributed by atoms with Gasteiger partial charge in [0.05, 0.1) is 30.3 Å². The molecule has 6 nitrogen and oxygen atoms in total. The van der Waals surface area contributed by atoms with Gasteiger partial charge in [-0.05, 0) is 6.92 Å². The molecule has 3 atom stereocenters. The zero-order chi connectivity index (χ0) is 15.1. The molecule has 1 saturated heterocycles. The zero-order valence-corrected chi connectivity index (χ0v) is 11.0.